The molecule has 148 valence electrons. The van der Waals surface area contributed by atoms with Crippen LogP contribution in [0.4, 0.5) is 4.79 Å². The van der Waals surface area contributed by atoms with Gasteiger partial charge in [0.05, 0.1) is 5.54 Å². The summed E-state index contributed by atoms with van der Waals surface area (Å²) >= 11 is 0. The molecular weight excluding hydrogens is 338 g/mol. The molecule has 1 aromatic carbocycles. The lowest BCUT2D eigenvalue weighted by atomic mass is 9.86. The van der Waals surface area contributed by atoms with Crippen LogP contribution in [-0.2, 0) is 11.3 Å². The molecule has 0 aromatic heterocycles. The molecule has 1 aromatic rings. The lowest BCUT2D eigenvalue weighted by Gasteiger charge is -2.46. The van der Waals surface area contributed by atoms with Crippen LogP contribution in [0.3, 0.4) is 0 Å². The molecule has 0 atom stereocenters. The van der Waals surface area contributed by atoms with Gasteiger partial charge in [-0.15, -0.1) is 0 Å². The van der Waals surface area contributed by atoms with Crippen LogP contribution >= 0.6 is 0 Å². The minimum absolute atomic E-state index is 0.00511. The topological polar surface area (TPSA) is 44.8 Å². The van der Waals surface area contributed by atoms with Crippen LogP contribution in [-0.4, -0.2) is 60.3 Å². The van der Waals surface area contributed by atoms with Gasteiger partial charge < -0.3 is 15.0 Å². The fourth-order valence-electron chi connectivity index (χ4n) is 4.95. The van der Waals surface area contributed by atoms with Gasteiger partial charge in [-0.05, 0) is 42.7 Å². The zero-order valence-electron chi connectivity index (χ0n) is 16.7. The fraction of sp³-hybridized carbons (Fsp3) is 0.682. The van der Waals surface area contributed by atoms with Gasteiger partial charge in [-0.2, -0.15) is 0 Å². The van der Waals surface area contributed by atoms with Crippen molar-refractivity contribution in [3.05, 3.63) is 35.4 Å². The SMILES string of the molecule is CC(C)c1ccc(CN2CCC(N3C(=O)NCC34CCOCC4)CC2)cc1. The third-order valence-electron chi connectivity index (χ3n) is 6.70. The van der Waals surface area contributed by atoms with E-state index in [2.05, 4.69) is 53.2 Å². The summed E-state index contributed by atoms with van der Waals surface area (Å²) in [5.41, 5.74) is 2.78. The molecule has 3 saturated heterocycles. The first kappa shape index (κ1) is 18.8. The van der Waals surface area contributed by atoms with Gasteiger partial charge in [-0.3, -0.25) is 4.90 Å². The number of likely N-dealkylation sites (tertiary alicyclic amines) is 1. The molecule has 0 unspecified atom stereocenters. The van der Waals surface area contributed by atoms with E-state index in [0.29, 0.717) is 12.0 Å². The summed E-state index contributed by atoms with van der Waals surface area (Å²) in [6, 6.07) is 9.57. The number of nitrogens with one attached hydrogen (secondary N) is 1. The number of nitrogens with zero attached hydrogens (tertiary/aromatic N) is 2. The van der Waals surface area contributed by atoms with Crippen molar-refractivity contribution < 1.29 is 9.53 Å². The number of carbonyl (C=O) groups excluding carboxylic acids is 1. The van der Waals surface area contributed by atoms with Gasteiger partial charge in [-0.1, -0.05) is 38.1 Å². The first-order valence-corrected chi connectivity index (χ1v) is 10.5. The maximum absolute atomic E-state index is 12.6. The molecule has 2 amide bonds. The summed E-state index contributed by atoms with van der Waals surface area (Å²) in [6.07, 6.45) is 4.07. The lowest BCUT2D eigenvalue weighted by molar-refractivity contribution is -0.0158. The van der Waals surface area contributed by atoms with Gasteiger partial charge in [0.1, 0.15) is 0 Å². The third kappa shape index (κ3) is 3.85. The van der Waals surface area contributed by atoms with Crippen molar-refractivity contribution in [2.45, 2.75) is 63.6 Å². The molecule has 1 spiro atoms. The minimum atomic E-state index is -0.00511. The molecule has 1 N–H and O–H groups in total. The molecule has 3 aliphatic rings. The number of ether oxygens (including phenoxy) is 1. The molecular formula is C22H33N3O2. The monoisotopic (exact) mass is 371 g/mol. The summed E-state index contributed by atoms with van der Waals surface area (Å²) in [4.78, 5) is 17.3. The Bertz CT molecular complexity index is 644. The van der Waals surface area contributed by atoms with Crippen molar-refractivity contribution >= 4 is 6.03 Å². The van der Waals surface area contributed by atoms with Crippen molar-refractivity contribution in [2.24, 2.45) is 0 Å². The Labute approximate surface area is 163 Å². The predicted molar refractivity (Wildman–Crippen MR) is 107 cm³/mol. The molecule has 3 aliphatic heterocycles. The van der Waals surface area contributed by atoms with Crippen LogP contribution in [0.25, 0.3) is 0 Å². The van der Waals surface area contributed by atoms with E-state index in [1.807, 2.05) is 0 Å². The fourth-order valence-corrected chi connectivity index (χ4v) is 4.95. The molecule has 27 heavy (non-hydrogen) atoms. The molecule has 0 bridgehead atoms. The van der Waals surface area contributed by atoms with Gasteiger partial charge in [-0.25, -0.2) is 4.79 Å². The van der Waals surface area contributed by atoms with E-state index in [1.165, 1.54) is 11.1 Å². The van der Waals surface area contributed by atoms with E-state index >= 15 is 0 Å². The minimum Gasteiger partial charge on any atom is -0.381 e. The predicted octanol–water partition coefficient (Wildman–Crippen LogP) is 3.35. The smallest absolute Gasteiger partial charge is 0.318 e. The number of carbonyl (C=O) groups is 1. The second-order valence-electron chi connectivity index (χ2n) is 8.77. The highest BCUT2D eigenvalue weighted by molar-refractivity contribution is 5.78. The van der Waals surface area contributed by atoms with Crippen LogP contribution in [0.1, 0.15) is 56.6 Å². The average molecular weight is 372 g/mol. The summed E-state index contributed by atoms with van der Waals surface area (Å²) in [5.74, 6) is 0.582. The van der Waals surface area contributed by atoms with Crippen molar-refractivity contribution in [1.29, 1.82) is 0 Å². The number of piperidine rings is 1. The highest BCUT2D eigenvalue weighted by Crippen LogP contribution is 2.35. The van der Waals surface area contributed by atoms with Gasteiger partial charge in [0, 0.05) is 45.4 Å². The maximum Gasteiger partial charge on any atom is 0.318 e. The van der Waals surface area contributed by atoms with Gasteiger partial charge in [0.15, 0.2) is 0 Å². The molecule has 3 heterocycles. The van der Waals surface area contributed by atoms with Crippen LogP contribution in [0.2, 0.25) is 0 Å². The number of urea groups is 1. The van der Waals surface area contributed by atoms with Crippen LogP contribution in [0.5, 0.6) is 0 Å². The molecule has 5 nitrogen and oxygen atoms in total. The standard InChI is InChI=1S/C22H33N3O2/c1-17(2)19-5-3-18(4-6-19)15-24-11-7-20(8-12-24)25-21(26)23-16-22(25)9-13-27-14-10-22/h3-6,17,20H,7-16H2,1-2H3,(H,23,26). The summed E-state index contributed by atoms with van der Waals surface area (Å²) in [7, 11) is 0. The third-order valence-corrected chi connectivity index (χ3v) is 6.70. The van der Waals surface area contributed by atoms with E-state index in [0.717, 1.165) is 65.1 Å². The van der Waals surface area contributed by atoms with Crippen molar-refractivity contribution in [2.75, 3.05) is 32.8 Å². The first-order valence-electron chi connectivity index (χ1n) is 10.5. The van der Waals surface area contributed by atoms with Crippen molar-refractivity contribution in [3.63, 3.8) is 0 Å². The number of hydrogen-bond donors (Lipinski definition) is 1. The Balaban J connectivity index is 1.35. The van der Waals surface area contributed by atoms with Gasteiger partial charge in [0.2, 0.25) is 0 Å². The van der Waals surface area contributed by atoms with E-state index in [1.54, 1.807) is 0 Å². The lowest BCUT2D eigenvalue weighted by Crippen LogP contribution is -2.57. The number of amides is 2. The Kier molecular flexibility index (Phi) is 5.42. The Hall–Kier alpha value is -1.59. The molecule has 4 rings (SSSR count). The van der Waals surface area contributed by atoms with Crippen molar-refractivity contribution in [3.8, 4) is 0 Å². The summed E-state index contributed by atoms with van der Waals surface area (Å²) in [6.45, 7) is 9.94. The first-order chi connectivity index (χ1) is 13.1. The number of benzene rings is 1. The quantitative estimate of drug-likeness (QED) is 0.883. The average Bonchev–Trinajstić information content (AvgIpc) is 2.99. The van der Waals surface area contributed by atoms with Crippen molar-refractivity contribution in [1.82, 2.24) is 15.1 Å². The highest BCUT2D eigenvalue weighted by Gasteiger charge is 2.49. The van der Waals surface area contributed by atoms with Crippen LogP contribution in [0.15, 0.2) is 24.3 Å². The molecule has 0 saturated carbocycles. The van der Waals surface area contributed by atoms with Gasteiger partial charge in [0.25, 0.3) is 0 Å². The molecule has 0 aliphatic carbocycles. The number of rotatable bonds is 4. The van der Waals surface area contributed by atoms with E-state index in [-0.39, 0.29) is 11.6 Å². The molecule has 0 radical (unpaired) electrons. The normalized spacial score (nSPS) is 24.0. The Morgan fingerprint density at radius 1 is 1.15 bits per heavy atom. The van der Waals surface area contributed by atoms with E-state index in [4.69, 9.17) is 4.74 Å². The zero-order chi connectivity index (χ0) is 18.9. The highest BCUT2D eigenvalue weighted by atomic mass is 16.5. The Morgan fingerprint density at radius 2 is 1.81 bits per heavy atom. The van der Waals surface area contributed by atoms with Crippen LogP contribution in [0, 0.1) is 0 Å². The second-order valence-corrected chi connectivity index (χ2v) is 8.77. The van der Waals surface area contributed by atoms with Crippen LogP contribution < -0.4 is 5.32 Å². The maximum atomic E-state index is 12.6. The second kappa shape index (κ2) is 7.80. The summed E-state index contributed by atoms with van der Waals surface area (Å²) in [5, 5.41) is 3.11. The zero-order valence-corrected chi connectivity index (χ0v) is 16.7. The Morgan fingerprint density at radius 3 is 2.44 bits per heavy atom. The number of hydrogen-bond acceptors (Lipinski definition) is 3. The van der Waals surface area contributed by atoms with E-state index in [9.17, 15) is 4.79 Å². The largest absolute Gasteiger partial charge is 0.381 e. The van der Waals surface area contributed by atoms with Gasteiger partial charge >= 0.3 is 6.03 Å². The molecule has 5 heteroatoms. The van der Waals surface area contributed by atoms with E-state index < -0.39 is 0 Å². The summed E-state index contributed by atoms with van der Waals surface area (Å²) < 4.78 is 5.56. The molecule has 3 fully saturated rings.